The number of benzene rings is 2. The number of nitrogens with one attached hydrogen (secondary N) is 2. The monoisotopic (exact) mass is 517 g/mol. The summed E-state index contributed by atoms with van der Waals surface area (Å²) >= 11 is 6.92. The zero-order valence-electron chi connectivity index (χ0n) is 18.5. The number of carbonyl (C=O) groups is 3. The number of carboxylic acid groups (broad SMARTS) is 1. The molecule has 1 aromatic heterocycles. The first-order valence-electron chi connectivity index (χ1n) is 10.5. The van der Waals surface area contributed by atoms with Gasteiger partial charge in [0.25, 0.3) is 0 Å². The van der Waals surface area contributed by atoms with E-state index in [1.54, 1.807) is 35.7 Å². The molecule has 2 atom stereocenters. The third-order valence-electron chi connectivity index (χ3n) is 5.65. The first kappa shape index (κ1) is 24.6. The molecule has 0 aliphatic carbocycles. The van der Waals surface area contributed by atoms with Crippen LogP contribution in [0.3, 0.4) is 0 Å². The van der Waals surface area contributed by atoms with Crippen LogP contribution in [0, 0.1) is 5.82 Å². The molecule has 182 valence electrons. The zero-order chi connectivity index (χ0) is 25.1. The second kappa shape index (κ2) is 10.4. The van der Waals surface area contributed by atoms with E-state index in [9.17, 15) is 23.9 Å². The van der Waals surface area contributed by atoms with E-state index in [-0.39, 0.29) is 29.6 Å². The third kappa shape index (κ3) is 5.45. The molecule has 2 heterocycles. The van der Waals surface area contributed by atoms with Gasteiger partial charge in [0, 0.05) is 36.3 Å². The summed E-state index contributed by atoms with van der Waals surface area (Å²) in [5, 5.41) is 16.7. The van der Waals surface area contributed by atoms with Crippen molar-refractivity contribution < 1.29 is 28.6 Å². The van der Waals surface area contributed by atoms with Gasteiger partial charge in [-0.15, -0.1) is 11.3 Å². The molecule has 0 bridgehead atoms. The van der Waals surface area contributed by atoms with E-state index in [0.29, 0.717) is 21.8 Å². The number of aromatic carboxylic acids is 1. The fraction of sp³-hybridized carbons (Fsp3) is 0.208. The Bertz CT molecular complexity index is 1270. The zero-order valence-corrected chi connectivity index (χ0v) is 20.0. The lowest BCUT2D eigenvalue weighted by Crippen LogP contribution is -2.45. The Morgan fingerprint density at radius 3 is 2.54 bits per heavy atom. The lowest BCUT2D eigenvalue weighted by atomic mass is 10.1. The molecule has 3 N–H and O–H groups in total. The molecule has 11 heteroatoms. The summed E-state index contributed by atoms with van der Waals surface area (Å²) in [6.45, 7) is 0.186. The second-order valence-electron chi connectivity index (χ2n) is 7.85. The van der Waals surface area contributed by atoms with Crippen molar-refractivity contribution in [3.05, 3.63) is 69.6 Å². The highest BCUT2D eigenvalue weighted by atomic mass is 35.5. The van der Waals surface area contributed by atoms with Crippen molar-refractivity contribution in [3.63, 3.8) is 0 Å². The summed E-state index contributed by atoms with van der Waals surface area (Å²) < 4.78 is 20.2. The molecule has 4 rings (SSSR count). The van der Waals surface area contributed by atoms with Crippen LogP contribution in [0.1, 0.15) is 16.1 Å². The Balaban J connectivity index is 1.50. The van der Waals surface area contributed by atoms with Gasteiger partial charge in [-0.25, -0.2) is 14.0 Å². The number of nitrogens with zero attached hydrogens (tertiary/aromatic N) is 1. The minimum absolute atomic E-state index is 0.0789. The lowest BCUT2D eigenvalue weighted by Gasteiger charge is -2.24. The van der Waals surface area contributed by atoms with E-state index in [1.807, 2.05) is 0 Å². The SMILES string of the molecule is COC1CC(C(=O)Nc2ccc(-c3ccsc3C(=O)O)cc2F)N(C(=O)Nc2ccc(Cl)cc2)C1. The first-order valence-corrected chi connectivity index (χ1v) is 11.8. The van der Waals surface area contributed by atoms with Gasteiger partial charge in [-0.3, -0.25) is 4.79 Å². The number of carbonyl (C=O) groups excluding carboxylic acids is 2. The number of thiophene rings is 1. The summed E-state index contributed by atoms with van der Waals surface area (Å²) in [6.07, 6.45) is -0.116. The highest BCUT2D eigenvalue weighted by Gasteiger charge is 2.40. The predicted octanol–water partition coefficient (Wildman–Crippen LogP) is 5.17. The van der Waals surface area contributed by atoms with Crippen molar-refractivity contribution in [2.24, 2.45) is 0 Å². The molecule has 0 saturated carbocycles. The number of halogens is 2. The minimum Gasteiger partial charge on any atom is -0.477 e. The largest absolute Gasteiger partial charge is 0.477 e. The fourth-order valence-electron chi connectivity index (χ4n) is 3.87. The van der Waals surface area contributed by atoms with Gasteiger partial charge in [0.1, 0.15) is 16.7 Å². The van der Waals surface area contributed by atoms with E-state index in [2.05, 4.69) is 10.6 Å². The predicted molar refractivity (Wildman–Crippen MR) is 132 cm³/mol. The average molecular weight is 518 g/mol. The number of carboxylic acids is 1. The summed E-state index contributed by atoms with van der Waals surface area (Å²) in [7, 11) is 1.49. The van der Waals surface area contributed by atoms with Crippen molar-refractivity contribution in [1.29, 1.82) is 0 Å². The molecule has 0 spiro atoms. The van der Waals surface area contributed by atoms with Gasteiger partial charge < -0.3 is 25.4 Å². The van der Waals surface area contributed by atoms with E-state index >= 15 is 0 Å². The Morgan fingerprint density at radius 1 is 1.14 bits per heavy atom. The highest BCUT2D eigenvalue weighted by Crippen LogP contribution is 2.31. The number of ether oxygens (including phenoxy) is 1. The number of methoxy groups -OCH3 is 1. The van der Waals surface area contributed by atoms with Crippen LogP contribution in [0.5, 0.6) is 0 Å². The normalized spacial score (nSPS) is 17.3. The molecule has 0 radical (unpaired) electrons. The number of likely N-dealkylation sites (tertiary alicyclic amines) is 1. The number of hydrogen-bond acceptors (Lipinski definition) is 5. The van der Waals surface area contributed by atoms with Crippen molar-refractivity contribution in [2.75, 3.05) is 24.3 Å². The van der Waals surface area contributed by atoms with E-state index < -0.39 is 29.8 Å². The van der Waals surface area contributed by atoms with Gasteiger partial charge in [-0.2, -0.15) is 0 Å². The number of urea groups is 1. The quantitative estimate of drug-likeness (QED) is 0.418. The maximum absolute atomic E-state index is 14.9. The molecule has 1 aliphatic rings. The Morgan fingerprint density at radius 2 is 1.89 bits per heavy atom. The number of amides is 3. The third-order valence-corrected chi connectivity index (χ3v) is 6.81. The number of rotatable bonds is 6. The van der Waals surface area contributed by atoms with E-state index in [0.717, 1.165) is 11.3 Å². The van der Waals surface area contributed by atoms with Gasteiger partial charge in [-0.05, 0) is 53.4 Å². The molecule has 3 amide bonds. The molecule has 3 aromatic rings. The van der Waals surface area contributed by atoms with Crippen LogP contribution in [0.25, 0.3) is 11.1 Å². The number of anilines is 2. The average Bonchev–Trinajstić information content (AvgIpc) is 3.49. The standard InChI is InChI=1S/C24H21ClFN3O5S/c1-34-16-11-20(29(12-16)24(33)27-15-5-3-14(25)4-6-15)22(30)28-19-7-2-13(10-18(19)26)17-8-9-35-21(17)23(31)32/h2-10,16,20H,11-12H2,1H3,(H,27,33)(H,28,30)(H,31,32). The number of hydrogen-bond donors (Lipinski definition) is 3. The Labute approximate surface area is 209 Å². The van der Waals surface area contributed by atoms with E-state index in [4.69, 9.17) is 16.3 Å². The smallest absolute Gasteiger partial charge is 0.346 e. The van der Waals surface area contributed by atoms with Crippen molar-refractivity contribution >= 4 is 52.2 Å². The van der Waals surface area contributed by atoms with Crippen LogP contribution >= 0.6 is 22.9 Å². The Hall–Kier alpha value is -3.47. The molecule has 8 nitrogen and oxygen atoms in total. The summed E-state index contributed by atoms with van der Waals surface area (Å²) in [4.78, 5) is 38.7. The van der Waals surface area contributed by atoms with Crippen LogP contribution in [0.2, 0.25) is 5.02 Å². The van der Waals surface area contributed by atoms with Crippen LogP contribution in [0.15, 0.2) is 53.9 Å². The maximum Gasteiger partial charge on any atom is 0.346 e. The minimum atomic E-state index is -1.10. The molecule has 2 unspecified atom stereocenters. The van der Waals surface area contributed by atoms with Gasteiger partial charge >= 0.3 is 12.0 Å². The Kier molecular flexibility index (Phi) is 7.34. The van der Waals surface area contributed by atoms with E-state index in [1.165, 1.54) is 30.2 Å². The molecular formula is C24H21ClFN3O5S. The molecule has 1 fully saturated rings. The molecule has 1 saturated heterocycles. The topological polar surface area (TPSA) is 108 Å². The fourth-order valence-corrected chi connectivity index (χ4v) is 4.75. The summed E-state index contributed by atoms with van der Waals surface area (Å²) in [6, 6.07) is 10.8. The van der Waals surface area contributed by atoms with Crippen LogP contribution in [0.4, 0.5) is 20.6 Å². The molecule has 35 heavy (non-hydrogen) atoms. The lowest BCUT2D eigenvalue weighted by molar-refractivity contribution is -0.119. The molecular weight excluding hydrogens is 497 g/mol. The van der Waals surface area contributed by atoms with Crippen molar-refractivity contribution in [2.45, 2.75) is 18.6 Å². The second-order valence-corrected chi connectivity index (χ2v) is 9.20. The van der Waals surface area contributed by atoms with Gasteiger partial charge in [0.2, 0.25) is 5.91 Å². The van der Waals surface area contributed by atoms with Gasteiger partial charge in [0.05, 0.1) is 11.8 Å². The van der Waals surface area contributed by atoms with Gasteiger partial charge in [-0.1, -0.05) is 17.7 Å². The summed E-state index contributed by atoms with van der Waals surface area (Å²) in [5.74, 6) is -2.39. The van der Waals surface area contributed by atoms with Crippen molar-refractivity contribution in [1.82, 2.24) is 4.90 Å². The van der Waals surface area contributed by atoms with Crippen LogP contribution in [-0.2, 0) is 9.53 Å². The summed E-state index contributed by atoms with van der Waals surface area (Å²) in [5.41, 5.74) is 1.20. The molecule has 1 aliphatic heterocycles. The van der Waals surface area contributed by atoms with Crippen LogP contribution < -0.4 is 10.6 Å². The highest BCUT2D eigenvalue weighted by molar-refractivity contribution is 7.12. The van der Waals surface area contributed by atoms with Gasteiger partial charge in [0.15, 0.2) is 0 Å². The van der Waals surface area contributed by atoms with Crippen molar-refractivity contribution in [3.8, 4) is 11.1 Å². The van der Waals surface area contributed by atoms with Crippen LogP contribution in [-0.4, -0.2) is 53.7 Å². The first-order chi connectivity index (χ1) is 16.8. The maximum atomic E-state index is 14.9. The molecule has 2 aromatic carbocycles.